The molecule has 0 amide bonds. The summed E-state index contributed by atoms with van der Waals surface area (Å²) in [4.78, 5) is 0. The van der Waals surface area contributed by atoms with Crippen LogP contribution in [0.25, 0.3) is 39.0 Å². The molecule has 0 unspecified atom stereocenters. The van der Waals surface area contributed by atoms with E-state index in [1.54, 1.807) is 0 Å². The van der Waals surface area contributed by atoms with E-state index in [9.17, 15) is 0 Å². The van der Waals surface area contributed by atoms with Crippen molar-refractivity contribution in [3.63, 3.8) is 0 Å². The van der Waals surface area contributed by atoms with E-state index in [1.807, 2.05) is 0 Å². The van der Waals surface area contributed by atoms with Gasteiger partial charge in [0, 0.05) is 35.0 Å². The number of para-hydroxylation sites is 1. The molecule has 4 aromatic rings. The maximum absolute atomic E-state index is 5.86. The molecule has 5 rings (SSSR count). The monoisotopic (exact) mass is 437 g/mol. The number of allylic oxidation sites excluding steroid dienone is 1. The highest BCUT2D eigenvalue weighted by atomic mass is 16.5. The number of hydrogen-bond donors (Lipinski definition) is 0. The van der Waals surface area contributed by atoms with Gasteiger partial charge in [-0.25, -0.2) is 0 Å². The molecule has 0 bridgehead atoms. The Hall–Kier alpha value is -2.84. The van der Waals surface area contributed by atoms with Crippen LogP contribution < -0.4 is 0 Å². The van der Waals surface area contributed by atoms with Gasteiger partial charge < -0.3 is 9.30 Å². The fourth-order valence-electron chi connectivity index (χ4n) is 5.11. The van der Waals surface area contributed by atoms with Crippen molar-refractivity contribution in [1.82, 2.24) is 4.57 Å². The number of ether oxygens (including phenoxy) is 1. The number of hydrogen-bond acceptors (Lipinski definition) is 1. The van der Waals surface area contributed by atoms with Gasteiger partial charge in [-0.2, -0.15) is 0 Å². The van der Waals surface area contributed by atoms with Gasteiger partial charge >= 0.3 is 0 Å². The second-order valence-corrected chi connectivity index (χ2v) is 10.3. The number of aryl methyl sites for hydroxylation is 1. The number of fused-ring (bicyclic) bond motifs is 4. The van der Waals surface area contributed by atoms with Crippen molar-refractivity contribution in [1.29, 1.82) is 0 Å². The molecule has 1 aliphatic carbocycles. The molecule has 0 saturated heterocycles. The second kappa shape index (κ2) is 9.19. The zero-order chi connectivity index (χ0) is 22.8. The highest BCUT2D eigenvalue weighted by Crippen LogP contribution is 2.36. The third kappa shape index (κ3) is 4.63. The largest absolute Gasteiger partial charge is 0.376 e. The second-order valence-electron chi connectivity index (χ2n) is 10.3. The molecule has 33 heavy (non-hydrogen) atoms. The fraction of sp³-hybridized carbons (Fsp3) is 0.355. The van der Waals surface area contributed by atoms with Gasteiger partial charge in [0.25, 0.3) is 0 Å². The Morgan fingerprint density at radius 3 is 2.52 bits per heavy atom. The SMILES string of the molecule is CC(C)(C)OCCCCCCn1c2ccccc2c2cc(-c3cccc4c3C=CC4)ccc21. The van der Waals surface area contributed by atoms with Crippen molar-refractivity contribution in [2.75, 3.05) is 6.61 Å². The van der Waals surface area contributed by atoms with E-state index >= 15 is 0 Å². The molecule has 3 aromatic carbocycles. The third-order valence-corrected chi connectivity index (χ3v) is 6.71. The normalized spacial score (nSPS) is 13.3. The quantitative estimate of drug-likeness (QED) is 0.252. The van der Waals surface area contributed by atoms with Gasteiger partial charge in [-0.15, -0.1) is 0 Å². The van der Waals surface area contributed by atoms with Gasteiger partial charge in [-0.3, -0.25) is 0 Å². The molecule has 1 aliphatic rings. The molecule has 170 valence electrons. The van der Waals surface area contributed by atoms with Crippen LogP contribution in [0.1, 0.15) is 57.6 Å². The zero-order valence-electron chi connectivity index (χ0n) is 20.2. The number of rotatable bonds is 8. The molecule has 0 fully saturated rings. The Labute approximate surface area is 197 Å². The molecular formula is C31H35NO. The van der Waals surface area contributed by atoms with Crippen LogP contribution in [0.3, 0.4) is 0 Å². The molecule has 0 radical (unpaired) electrons. The van der Waals surface area contributed by atoms with Crippen molar-refractivity contribution >= 4 is 27.9 Å². The van der Waals surface area contributed by atoms with E-state index in [4.69, 9.17) is 4.74 Å². The van der Waals surface area contributed by atoms with Gasteiger partial charge in [-0.1, -0.05) is 67.5 Å². The molecule has 0 spiro atoms. The topological polar surface area (TPSA) is 14.2 Å². The number of aromatic nitrogens is 1. The lowest BCUT2D eigenvalue weighted by molar-refractivity contribution is -0.00475. The number of nitrogens with zero attached hydrogens (tertiary/aromatic N) is 1. The van der Waals surface area contributed by atoms with Crippen LogP contribution >= 0.6 is 0 Å². The molecule has 0 aliphatic heterocycles. The molecule has 0 saturated carbocycles. The summed E-state index contributed by atoms with van der Waals surface area (Å²) in [7, 11) is 0. The van der Waals surface area contributed by atoms with Crippen LogP contribution in [0.2, 0.25) is 0 Å². The summed E-state index contributed by atoms with van der Waals surface area (Å²) < 4.78 is 8.39. The van der Waals surface area contributed by atoms with Crippen molar-refractivity contribution in [2.45, 2.75) is 65.0 Å². The molecule has 1 aromatic heterocycles. The molecule has 1 heterocycles. The van der Waals surface area contributed by atoms with Crippen molar-refractivity contribution in [2.24, 2.45) is 0 Å². The minimum Gasteiger partial charge on any atom is -0.376 e. The maximum Gasteiger partial charge on any atom is 0.0598 e. The third-order valence-electron chi connectivity index (χ3n) is 6.71. The highest BCUT2D eigenvalue weighted by molar-refractivity contribution is 6.09. The first-order valence-electron chi connectivity index (χ1n) is 12.4. The lowest BCUT2D eigenvalue weighted by atomic mass is 9.96. The van der Waals surface area contributed by atoms with Crippen molar-refractivity contribution in [3.8, 4) is 11.1 Å². The summed E-state index contributed by atoms with van der Waals surface area (Å²) in [6, 6.07) is 22.6. The van der Waals surface area contributed by atoms with E-state index in [-0.39, 0.29) is 5.60 Å². The first-order valence-corrected chi connectivity index (χ1v) is 12.4. The predicted molar refractivity (Wildman–Crippen MR) is 142 cm³/mol. The molecular weight excluding hydrogens is 402 g/mol. The predicted octanol–water partition coefficient (Wildman–Crippen LogP) is 8.41. The average Bonchev–Trinajstić information content (AvgIpc) is 3.40. The maximum atomic E-state index is 5.86. The van der Waals surface area contributed by atoms with Crippen molar-refractivity contribution in [3.05, 3.63) is 77.9 Å². The first-order chi connectivity index (χ1) is 16.0. The lowest BCUT2D eigenvalue weighted by Gasteiger charge is -2.19. The van der Waals surface area contributed by atoms with Crippen LogP contribution in [0, 0.1) is 0 Å². The van der Waals surface area contributed by atoms with Gasteiger partial charge in [0.05, 0.1) is 5.60 Å². The van der Waals surface area contributed by atoms with E-state index in [1.165, 1.54) is 63.3 Å². The molecule has 0 atom stereocenters. The van der Waals surface area contributed by atoms with Gasteiger partial charge in [0.2, 0.25) is 0 Å². The Kier molecular flexibility index (Phi) is 6.12. The van der Waals surface area contributed by atoms with Gasteiger partial charge in [0.1, 0.15) is 0 Å². The van der Waals surface area contributed by atoms with Crippen LogP contribution in [0.5, 0.6) is 0 Å². The van der Waals surface area contributed by atoms with Crippen LogP contribution in [-0.4, -0.2) is 16.8 Å². The van der Waals surface area contributed by atoms with Crippen LogP contribution in [0.4, 0.5) is 0 Å². The summed E-state index contributed by atoms with van der Waals surface area (Å²) in [6.07, 6.45) is 10.4. The number of unbranched alkanes of at least 4 members (excludes halogenated alkanes) is 3. The van der Waals surface area contributed by atoms with Gasteiger partial charge in [0.15, 0.2) is 0 Å². The average molecular weight is 438 g/mol. The summed E-state index contributed by atoms with van der Waals surface area (Å²) in [6.45, 7) is 8.31. The highest BCUT2D eigenvalue weighted by Gasteiger charge is 2.15. The standard InChI is InChI=1S/C31H35NO/c1-31(2,3)33-21-9-5-4-8-20-32-29-17-7-6-14-27(29)28-22-24(18-19-30(28)32)26-16-11-13-23-12-10-15-25(23)26/h6-7,10-11,13-19,22H,4-5,8-9,12,20-21H2,1-3H3. The zero-order valence-corrected chi connectivity index (χ0v) is 20.2. The molecule has 0 N–H and O–H groups in total. The fourth-order valence-corrected chi connectivity index (χ4v) is 5.11. The van der Waals surface area contributed by atoms with Gasteiger partial charge in [-0.05, 0) is 80.5 Å². The van der Waals surface area contributed by atoms with E-state index < -0.39 is 0 Å². The lowest BCUT2D eigenvalue weighted by Crippen LogP contribution is -2.19. The summed E-state index contributed by atoms with van der Waals surface area (Å²) in [5.41, 5.74) is 8.14. The number of benzene rings is 3. The first kappa shape index (κ1) is 22.0. The minimum absolute atomic E-state index is 0.0298. The van der Waals surface area contributed by atoms with Crippen LogP contribution in [0.15, 0.2) is 66.7 Å². The van der Waals surface area contributed by atoms with Crippen molar-refractivity contribution < 1.29 is 4.74 Å². The Morgan fingerprint density at radius 2 is 1.64 bits per heavy atom. The smallest absolute Gasteiger partial charge is 0.0598 e. The Balaban J connectivity index is 1.37. The summed E-state index contributed by atoms with van der Waals surface area (Å²) in [5.74, 6) is 0. The summed E-state index contributed by atoms with van der Waals surface area (Å²) in [5, 5.41) is 2.72. The van der Waals surface area contributed by atoms with E-state index in [0.29, 0.717) is 0 Å². The Morgan fingerprint density at radius 1 is 0.818 bits per heavy atom. The summed E-state index contributed by atoms with van der Waals surface area (Å²) >= 11 is 0. The minimum atomic E-state index is -0.0298. The van der Waals surface area contributed by atoms with E-state index in [2.05, 4.69) is 98.2 Å². The van der Waals surface area contributed by atoms with E-state index in [0.717, 1.165) is 26.0 Å². The Bertz CT molecular complexity index is 1300. The van der Waals surface area contributed by atoms with Crippen LogP contribution in [-0.2, 0) is 17.7 Å². The molecule has 2 heteroatoms. The molecule has 2 nitrogen and oxygen atoms in total.